The van der Waals surface area contributed by atoms with E-state index in [1.165, 1.54) is 5.56 Å². The van der Waals surface area contributed by atoms with Crippen molar-refractivity contribution in [3.8, 4) is 11.8 Å². The highest BCUT2D eigenvalue weighted by atomic mass is 14.0. The van der Waals surface area contributed by atoms with Crippen molar-refractivity contribution in [1.29, 1.82) is 0 Å². The summed E-state index contributed by atoms with van der Waals surface area (Å²) in [6.07, 6.45) is 0. The van der Waals surface area contributed by atoms with E-state index in [1.54, 1.807) is 0 Å². The van der Waals surface area contributed by atoms with Crippen LogP contribution in [0.15, 0.2) is 24.3 Å². The standard InChI is InChI=1S/C12H14/c1-4-6-11-7-5-8-12(9-11)10(2)3/h5,7-10H,1-3H3. The van der Waals surface area contributed by atoms with Crippen molar-refractivity contribution in [2.75, 3.05) is 0 Å². The van der Waals surface area contributed by atoms with Crippen LogP contribution in [0, 0.1) is 11.8 Å². The molecule has 0 aliphatic heterocycles. The van der Waals surface area contributed by atoms with Gasteiger partial charge in [-0.2, -0.15) is 0 Å². The van der Waals surface area contributed by atoms with E-state index in [0.717, 1.165) is 5.56 Å². The fourth-order valence-corrected chi connectivity index (χ4v) is 1.12. The van der Waals surface area contributed by atoms with E-state index >= 15 is 0 Å². The van der Waals surface area contributed by atoms with Gasteiger partial charge in [-0.1, -0.05) is 31.9 Å². The molecule has 0 heterocycles. The molecule has 0 radical (unpaired) electrons. The lowest BCUT2D eigenvalue weighted by molar-refractivity contribution is 0.866. The highest BCUT2D eigenvalue weighted by Crippen LogP contribution is 2.14. The summed E-state index contributed by atoms with van der Waals surface area (Å²) in [7, 11) is 0. The average molecular weight is 158 g/mol. The van der Waals surface area contributed by atoms with Gasteiger partial charge in [0.2, 0.25) is 0 Å². The molecule has 0 spiro atoms. The zero-order chi connectivity index (χ0) is 8.97. The van der Waals surface area contributed by atoms with Crippen LogP contribution in [0.3, 0.4) is 0 Å². The van der Waals surface area contributed by atoms with E-state index in [2.05, 4.69) is 43.9 Å². The zero-order valence-corrected chi connectivity index (χ0v) is 7.89. The number of benzene rings is 1. The Labute approximate surface area is 74.6 Å². The van der Waals surface area contributed by atoms with Crippen LogP contribution >= 0.6 is 0 Å². The van der Waals surface area contributed by atoms with Gasteiger partial charge in [0.1, 0.15) is 0 Å². The van der Waals surface area contributed by atoms with Crippen LogP contribution in [0.4, 0.5) is 0 Å². The molecule has 0 atom stereocenters. The minimum Gasteiger partial charge on any atom is -0.101 e. The van der Waals surface area contributed by atoms with Crippen molar-refractivity contribution in [2.45, 2.75) is 26.7 Å². The highest BCUT2D eigenvalue weighted by molar-refractivity contribution is 5.37. The molecule has 0 fully saturated rings. The molecule has 0 N–H and O–H groups in total. The van der Waals surface area contributed by atoms with E-state index in [9.17, 15) is 0 Å². The molecule has 0 bridgehead atoms. The fourth-order valence-electron chi connectivity index (χ4n) is 1.12. The van der Waals surface area contributed by atoms with E-state index in [-0.39, 0.29) is 0 Å². The van der Waals surface area contributed by atoms with Crippen molar-refractivity contribution in [3.05, 3.63) is 35.4 Å². The van der Waals surface area contributed by atoms with Gasteiger partial charge in [0.15, 0.2) is 0 Å². The lowest BCUT2D eigenvalue weighted by atomic mass is 10.0. The molecule has 0 nitrogen and oxygen atoms in total. The van der Waals surface area contributed by atoms with Crippen LogP contribution in [0.2, 0.25) is 0 Å². The molecule has 0 aliphatic carbocycles. The molecule has 1 rings (SSSR count). The summed E-state index contributed by atoms with van der Waals surface area (Å²) in [5.41, 5.74) is 2.47. The first-order valence-electron chi connectivity index (χ1n) is 4.26. The summed E-state index contributed by atoms with van der Waals surface area (Å²) in [6, 6.07) is 8.41. The molecule has 0 saturated carbocycles. The Bertz CT molecular complexity index is 310. The average Bonchev–Trinajstić information content (AvgIpc) is 2.05. The molecule has 0 unspecified atom stereocenters. The topological polar surface area (TPSA) is 0 Å². The second-order valence-corrected chi connectivity index (χ2v) is 3.16. The van der Waals surface area contributed by atoms with Crippen LogP contribution in [-0.4, -0.2) is 0 Å². The summed E-state index contributed by atoms with van der Waals surface area (Å²) >= 11 is 0. The summed E-state index contributed by atoms with van der Waals surface area (Å²) in [5, 5.41) is 0. The molecule has 1 aromatic carbocycles. The molecule has 0 aromatic heterocycles. The monoisotopic (exact) mass is 158 g/mol. The highest BCUT2D eigenvalue weighted by Gasteiger charge is 1.97. The maximum absolute atomic E-state index is 3.05. The second-order valence-electron chi connectivity index (χ2n) is 3.16. The minimum atomic E-state index is 0.587. The quantitative estimate of drug-likeness (QED) is 0.551. The van der Waals surface area contributed by atoms with Gasteiger partial charge in [0.25, 0.3) is 0 Å². The Morgan fingerprint density at radius 2 is 2.00 bits per heavy atom. The summed E-state index contributed by atoms with van der Waals surface area (Å²) in [5.74, 6) is 6.54. The number of hydrogen-bond acceptors (Lipinski definition) is 0. The fraction of sp³-hybridized carbons (Fsp3) is 0.333. The third kappa shape index (κ3) is 2.13. The van der Waals surface area contributed by atoms with Crippen LogP contribution in [0.1, 0.15) is 37.8 Å². The smallest absolute Gasteiger partial charge is 0.0247 e. The van der Waals surface area contributed by atoms with Crippen LogP contribution < -0.4 is 0 Å². The van der Waals surface area contributed by atoms with Gasteiger partial charge in [0.05, 0.1) is 0 Å². The predicted octanol–water partition coefficient (Wildman–Crippen LogP) is 3.18. The SMILES string of the molecule is CC#Cc1cccc(C(C)C)c1. The predicted molar refractivity (Wildman–Crippen MR) is 53.1 cm³/mol. The Balaban J connectivity index is 3.01. The molecule has 0 heteroatoms. The van der Waals surface area contributed by atoms with Crippen molar-refractivity contribution in [1.82, 2.24) is 0 Å². The van der Waals surface area contributed by atoms with Gasteiger partial charge >= 0.3 is 0 Å². The molecule has 62 valence electrons. The van der Waals surface area contributed by atoms with Gasteiger partial charge < -0.3 is 0 Å². The summed E-state index contributed by atoms with van der Waals surface area (Å²) in [6.45, 7) is 6.25. The van der Waals surface area contributed by atoms with Crippen LogP contribution in [0.5, 0.6) is 0 Å². The van der Waals surface area contributed by atoms with Crippen molar-refractivity contribution >= 4 is 0 Å². The molecule has 0 saturated heterocycles. The Morgan fingerprint density at radius 1 is 1.25 bits per heavy atom. The van der Waals surface area contributed by atoms with Gasteiger partial charge in [0, 0.05) is 5.56 Å². The van der Waals surface area contributed by atoms with Crippen LogP contribution in [0.25, 0.3) is 0 Å². The van der Waals surface area contributed by atoms with Crippen LogP contribution in [-0.2, 0) is 0 Å². The van der Waals surface area contributed by atoms with Crippen molar-refractivity contribution in [2.24, 2.45) is 0 Å². The molecule has 0 amide bonds. The van der Waals surface area contributed by atoms with Gasteiger partial charge in [-0.3, -0.25) is 0 Å². The third-order valence-corrected chi connectivity index (χ3v) is 1.82. The summed E-state index contributed by atoms with van der Waals surface area (Å²) in [4.78, 5) is 0. The van der Waals surface area contributed by atoms with Gasteiger partial charge in [-0.25, -0.2) is 0 Å². The van der Waals surface area contributed by atoms with E-state index in [1.807, 2.05) is 13.0 Å². The normalized spacial score (nSPS) is 9.33. The van der Waals surface area contributed by atoms with Crippen molar-refractivity contribution < 1.29 is 0 Å². The second kappa shape index (κ2) is 3.97. The lowest BCUT2D eigenvalue weighted by Gasteiger charge is -2.04. The minimum absolute atomic E-state index is 0.587. The number of hydrogen-bond donors (Lipinski definition) is 0. The largest absolute Gasteiger partial charge is 0.101 e. The summed E-state index contributed by atoms with van der Waals surface area (Å²) < 4.78 is 0. The van der Waals surface area contributed by atoms with E-state index in [4.69, 9.17) is 0 Å². The molecular formula is C12H14. The zero-order valence-electron chi connectivity index (χ0n) is 7.89. The van der Waals surface area contributed by atoms with Gasteiger partial charge in [-0.15, -0.1) is 5.92 Å². The molecule has 0 aliphatic rings. The Morgan fingerprint density at radius 3 is 2.58 bits per heavy atom. The van der Waals surface area contributed by atoms with E-state index in [0.29, 0.717) is 5.92 Å². The molecule has 12 heavy (non-hydrogen) atoms. The molecular weight excluding hydrogens is 144 g/mol. The lowest BCUT2D eigenvalue weighted by Crippen LogP contribution is -1.87. The Kier molecular flexibility index (Phi) is 2.94. The first-order valence-corrected chi connectivity index (χ1v) is 4.26. The molecule has 1 aromatic rings. The van der Waals surface area contributed by atoms with Gasteiger partial charge in [-0.05, 0) is 30.5 Å². The first-order chi connectivity index (χ1) is 5.74. The number of rotatable bonds is 1. The maximum Gasteiger partial charge on any atom is 0.0247 e. The van der Waals surface area contributed by atoms with Crippen molar-refractivity contribution in [3.63, 3.8) is 0 Å². The van der Waals surface area contributed by atoms with E-state index < -0.39 is 0 Å². The maximum atomic E-state index is 3.05. The first kappa shape index (κ1) is 8.87. The Hall–Kier alpha value is -1.22. The third-order valence-electron chi connectivity index (χ3n) is 1.82.